The molecule has 0 aromatic carbocycles. The Hall–Kier alpha value is -0.550. The molecule has 0 fully saturated rings. The minimum absolute atomic E-state index is 0. The second kappa shape index (κ2) is 8.82. The minimum Gasteiger partial charge on any atom is -0.412 e. The fraction of sp³-hybridized carbons (Fsp3) is 0. The van der Waals surface area contributed by atoms with Crippen LogP contribution in [0.25, 0.3) is 0 Å². The molecule has 6 heteroatoms. The summed E-state index contributed by atoms with van der Waals surface area (Å²) < 4.78 is 0. The van der Waals surface area contributed by atoms with E-state index in [1.54, 1.807) is 0 Å². The molecule has 0 rings (SSSR count). The fourth-order valence-electron chi connectivity index (χ4n) is 0. The van der Waals surface area contributed by atoms with Crippen molar-refractivity contribution in [3.05, 3.63) is 10.1 Å². The van der Waals surface area contributed by atoms with E-state index in [0.717, 1.165) is 0 Å². The molecule has 3 N–H and O–H groups in total. The van der Waals surface area contributed by atoms with Crippen LogP contribution in [0.3, 0.4) is 0 Å². The highest BCUT2D eigenvalue weighted by Gasteiger charge is 1.65. The summed E-state index contributed by atoms with van der Waals surface area (Å²) in [6.45, 7) is 0. The number of hydrogen-bond donors (Lipinski definition) is 1. The summed E-state index contributed by atoms with van der Waals surface area (Å²) in [6, 6.07) is 0. The normalized spacial score (nSPS) is 4.00. The summed E-state index contributed by atoms with van der Waals surface area (Å²) in [6.07, 6.45) is 0. The quantitative estimate of drug-likeness (QED) is 0.334. The lowest BCUT2D eigenvalue weighted by atomic mass is 13.1. The van der Waals surface area contributed by atoms with Gasteiger partial charge < -0.3 is 10.7 Å². The van der Waals surface area contributed by atoms with Crippen molar-refractivity contribution in [1.29, 1.82) is 0 Å². The van der Waals surface area contributed by atoms with Gasteiger partial charge in [-0.3, -0.25) is 0 Å². The SMILES string of the molecule is Cl.O.O=[N+]([O-])O. The van der Waals surface area contributed by atoms with Gasteiger partial charge in [-0.15, -0.1) is 22.5 Å². The van der Waals surface area contributed by atoms with E-state index in [-0.39, 0.29) is 17.9 Å². The number of rotatable bonds is 0. The molecule has 0 aliphatic rings. The van der Waals surface area contributed by atoms with E-state index in [0.29, 0.717) is 0 Å². The van der Waals surface area contributed by atoms with E-state index in [4.69, 9.17) is 15.3 Å². The molecule has 5 nitrogen and oxygen atoms in total. The number of nitrogens with zero attached hydrogens (tertiary/aromatic N) is 1. The van der Waals surface area contributed by atoms with Gasteiger partial charge in [0.25, 0.3) is 5.09 Å². The van der Waals surface area contributed by atoms with Gasteiger partial charge in [0, 0.05) is 0 Å². The molecule has 0 saturated carbocycles. The van der Waals surface area contributed by atoms with E-state index >= 15 is 0 Å². The Bertz CT molecular complexity index is 30.5. The Morgan fingerprint density at radius 1 is 1.67 bits per heavy atom. The first kappa shape index (κ1) is 18.0. The summed E-state index contributed by atoms with van der Waals surface area (Å²) >= 11 is 0. The third-order valence-corrected chi connectivity index (χ3v) is 0. The smallest absolute Gasteiger partial charge is 0.291 e. The van der Waals surface area contributed by atoms with E-state index < -0.39 is 5.09 Å². The zero-order chi connectivity index (χ0) is 3.58. The maximum atomic E-state index is 8.36. The molecular formula is H4ClNO4. The predicted octanol–water partition coefficient (Wildman–Crippen LogP) is -0.751. The molecule has 40 valence electrons. The van der Waals surface area contributed by atoms with E-state index in [1.165, 1.54) is 0 Å². The van der Waals surface area contributed by atoms with Gasteiger partial charge in [0.15, 0.2) is 0 Å². The maximum absolute atomic E-state index is 8.36. The van der Waals surface area contributed by atoms with E-state index in [9.17, 15) is 0 Å². The highest BCUT2D eigenvalue weighted by molar-refractivity contribution is 5.85. The van der Waals surface area contributed by atoms with Crippen LogP contribution < -0.4 is 0 Å². The fourth-order valence-corrected chi connectivity index (χ4v) is 0. The molecule has 0 aromatic rings. The van der Waals surface area contributed by atoms with Crippen LogP contribution in [0.15, 0.2) is 0 Å². The van der Waals surface area contributed by atoms with E-state index in [2.05, 4.69) is 0 Å². The monoisotopic (exact) mass is 117 g/mol. The highest BCUT2D eigenvalue weighted by Crippen LogP contribution is 1.38. The topological polar surface area (TPSA) is 94.9 Å². The second-order valence-corrected chi connectivity index (χ2v) is 0.238. The Morgan fingerprint density at radius 2 is 1.67 bits per heavy atom. The summed E-state index contributed by atoms with van der Waals surface area (Å²) in [7, 11) is 0. The van der Waals surface area contributed by atoms with Crippen LogP contribution in [0.1, 0.15) is 0 Å². The summed E-state index contributed by atoms with van der Waals surface area (Å²) in [5.41, 5.74) is 0. The van der Waals surface area contributed by atoms with Gasteiger partial charge in [-0.1, -0.05) is 0 Å². The van der Waals surface area contributed by atoms with Gasteiger partial charge in [-0.25, -0.2) is 0 Å². The second-order valence-electron chi connectivity index (χ2n) is 0.238. The van der Waals surface area contributed by atoms with Crippen LogP contribution in [0.5, 0.6) is 0 Å². The van der Waals surface area contributed by atoms with Crippen molar-refractivity contribution in [3.63, 3.8) is 0 Å². The average Bonchev–Trinajstić information content (AvgIpc) is 0.811. The lowest BCUT2D eigenvalue weighted by molar-refractivity contribution is -0.742. The Balaban J connectivity index is -0.0000000450. The van der Waals surface area contributed by atoms with Gasteiger partial charge in [0.2, 0.25) is 0 Å². The van der Waals surface area contributed by atoms with Crippen LogP contribution in [-0.4, -0.2) is 15.8 Å². The van der Waals surface area contributed by atoms with Crippen molar-refractivity contribution in [3.8, 4) is 0 Å². The van der Waals surface area contributed by atoms with Crippen molar-refractivity contribution in [2.24, 2.45) is 0 Å². The Labute approximate surface area is 39.4 Å². The molecule has 0 radical (unpaired) electrons. The Morgan fingerprint density at radius 3 is 1.67 bits per heavy atom. The largest absolute Gasteiger partial charge is 0.412 e. The van der Waals surface area contributed by atoms with Crippen molar-refractivity contribution < 1.29 is 15.8 Å². The van der Waals surface area contributed by atoms with Crippen molar-refractivity contribution in [2.45, 2.75) is 0 Å². The van der Waals surface area contributed by atoms with E-state index in [1.807, 2.05) is 0 Å². The molecule has 0 bridgehead atoms. The molecule has 0 aliphatic heterocycles. The van der Waals surface area contributed by atoms with Crippen molar-refractivity contribution in [1.82, 2.24) is 0 Å². The molecule has 0 atom stereocenters. The first-order valence-electron chi connectivity index (χ1n) is 0.565. The molecule has 0 spiro atoms. The van der Waals surface area contributed by atoms with Gasteiger partial charge in [-0.2, -0.15) is 0 Å². The molecule has 0 amide bonds. The molecular weight excluding hydrogens is 113 g/mol. The predicted molar refractivity (Wildman–Crippen MR) is 19.6 cm³/mol. The summed E-state index contributed by atoms with van der Waals surface area (Å²) in [4.78, 5) is 8.36. The van der Waals surface area contributed by atoms with Crippen molar-refractivity contribution >= 4 is 12.4 Å². The van der Waals surface area contributed by atoms with Gasteiger partial charge >= 0.3 is 0 Å². The lowest BCUT2D eigenvalue weighted by Gasteiger charge is -1.56. The molecule has 0 saturated heterocycles. The van der Waals surface area contributed by atoms with Crippen LogP contribution in [0.2, 0.25) is 0 Å². The van der Waals surface area contributed by atoms with Crippen LogP contribution >= 0.6 is 12.4 Å². The lowest BCUT2D eigenvalue weighted by Crippen LogP contribution is -1.81. The highest BCUT2D eigenvalue weighted by atomic mass is 35.5. The van der Waals surface area contributed by atoms with Gasteiger partial charge in [-0.05, 0) is 0 Å². The molecule has 0 aliphatic carbocycles. The zero-order valence-corrected chi connectivity index (χ0v) is 3.44. The standard InChI is InChI=1S/ClH.HNO3.H2O/c;2-1(3)4;/h1H;(H,2,3,4);1H2. The summed E-state index contributed by atoms with van der Waals surface area (Å²) in [5.74, 6) is 0. The zero-order valence-electron chi connectivity index (χ0n) is 2.62. The molecule has 0 heterocycles. The molecule has 0 unspecified atom stereocenters. The third-order valence-electron chi connectivity index (χ3n) is 0. The van der Waals surface area contributed by atoms with Crippen molar-refractivity contribution in [2.75, 3.05) is 0 Å². The Kier molecular flexibility index (Phi) is 26.4. The van der Waals surface area contributed by atoms with Gasteiger partial charge in [0.1, 0.15) is 0 Å². The summed E-state index contributed by atoms with van der Waals surface area (Å²) in [5, 5.41) is 13.6. The maximum Gasteiger partial charge on any atom is 0.291 e. The van der Waals surface area contributed by atoms with Crippen LogP contribution in [0.4, 0.5) is 0 Å². The molecule has 6 heavy (non-hydrogen) atoms. The first-order chi connectivity index (χ1) is 1.73. The van der Waals surface area contributed by atoms with Crippen LogP contribution in [0, 0.1) is 10.1 Å². The molecule has 0 aromatic heterocycles. The number of halogens is 1. The number of hydrogen-bond acceptors (Lipinski definition) is 2. The third kappa shape index (κ3) is 68.5. The first-order valence-corrected chi connectivity index (χ1v) is 0.565. The minimum atomic E-state index is -1.50. The average molecular weight is 117 g/mol. The van der Waals surface area contributed by atoms with Gasteiger partial charge in [0.05, 0.1) is 0 Å². The van der Waals surface area contributed by atoms with Crippen LogP contribution in [-0.2, 0) is 0 Å².